The van der Waals surface area contributed by atoms with Gasteiger partial charge in [0.05, 0.1) is 0 Å². The van der Waals surface area contributed by atoms with Gasteiger partial charge in [0.25, 0.3) is 0 Å². The first-order valence-electron chi connectivity index (χ1n) is 5.61. The highest BCUT2D eigenvalue weighted by molar-refractivity contribution is 5.25. The Kier molecular flexibility index (Phi) is 5.37. The lowest BCUT2D eigenvalue weighted by Gasteiger charge is -2.12. The molecule has 0 aliphatic heterocycles. The van der Waals surface area contributed by atoms with E-state index in [0.717, 1.165) is 19.4 Å². The molecule has 0 heterocycles. The van der Waals surface area contributed by atoms with E-state index in [0.29, 0.717) is 0 Å². The van der Waals surface area contributed by atoms with Crippen molar-refractivity contribution in [1.82, 2.24) is 0 Å². The van der Waals surface area contributed by atoms with Crippen molar-refractivity contribution in [3.05, 3.63) is 35.4 Å². The van der Waals surface area contributed by atoms with E-state index in [1.54, 1.807) is 7.11 Å². The molecule has 0 bridgehead atoms. The Hall–Kier alpha value is -0.860. The topological polar surface area (TPSA) is 35.2 Å². The van der Waals surface area contributed by atoms with E-state index in [4.69, 9.17) is 10.5 Å². The van der Waals surface area contributed by atoms with E-state index in [1.807, 2.05) is 0 Å². The average Bonchev–Trinajstić information content (AvgIpc) is 2.27. The van der Waals surface area contributed by atoms with Gasteiger partial charge in [0.15, 0.2) is 0 Å². The van der Waals surface area contributed by atoms with Crippen molar-refractivity contribution in [3.8, 4) is 0 Å². The van der Waals surface area contributed by atoms with Crippen molar-refractivity contribution in [1.29, 1.82) is 0 Å². The van der Waals surface area contributed by atoms with Crippen molar-refractivity contribution < 1.29 is 4.74 Å². The van der Waals surface area contributed by atoms with Gasteiger partial charge in [-0.1, -0.05) is 37.6 Å². The van der Waals surface area contributed by atoms with Crippen molar-refractivity contribution in [2.75, 3.05) is 13.7 Å². The summed E-state index contributed by atoms with van der Waals surface area (Å²) in [5.74, 6) is 0. The lowest BCUT2D eigenvalue weighted by Crippen LogP contribution is -2.12. The zero-order chi connectivity index (χ0) is 11.1. The van der Waals surface area contributed by atoms with Gasteiger partial charge in [-0.25, -0.2) is 0 Å². The fraction of sp³-hybridized carbons (Fsp3) is 0.538. The molecule has 0 aliphatic rings. The molecular formula is C13H21NO. The Bertz CT molecular complexity index is 286. The standard InChI is InChI=1S/C13H21NO/c1-3-5-11-6-4-7-12(10-11)13(14)8-9-15-2/h4,6-7,10,13H,3,5,8-9,14H2,1-2H3. The zero-order valence-electron chi connectivity index (χ0n) is 9.70. The number of rotatable bonds is 6. The highest BCUT2D eigenvalue weighted by atomic mass is 16.5. The van der Waals surface area contributed by atoms with Crippen LogP contribution in [-0.2, 0) is 11.2 Å². The third-order valence-electron chi connectivity index (χ3n) is 2.55. The molecule has 2 heteroatoms. The number of ether oxygens (including phenoxy) is 1. The quantitative estimate of drug-likeness (QED) is 0.778. The summed E-state index contributed by atoms with van der Waals surface area (Å²) in [6.07, 6.45) is 3.19. The molecule has 2 N–H and O–H groups in total. The molecular weight excluding hydrogens is 186 g/mol. The van der Waals surface area contributed by atoms with Crippen molar-refractivity contribution >= 4 is 0 Å². The van der Waals surface area contributed by atoms with Crippen LogP contribution in [0, 0.1) is 0 Å². The van der Waals surface area contributed by atoms with Gasteiger partial charge in [-0.05, 0) is 24.0 Å². The molecule has 0 fully saturated rings. The van der Waals surface area contributed by atoms with Gasteiger partial charge >= 0.3 is 0 Å². The van der Waals surface area contributed by atoms with Crippen LogP contribution in [0.1, 0.15) is 36.9 Å². The summed E-state index contributed by atoms with van der Waals surface area (Å²) < 4.78 is 5.03. The van der Waals surface area contributed by atoms with Crippen LogP contribution in [0.3, 0.4) is 0 Å². The monoisotopic (exact) mass is 207 g/mol. The van der Waals surface area contributed by atoms with Crippen LogP contribution in [-0.4, -0.2) is 13.7 Å². The minimum absolute atomic E-state index is 0.0988. The molecule has 1 unspecified atom stereocenters. The predicted octanol–water partition coefficient (Wildman–Crippen LogP) is 2.68. The molecule has 0 spiro atoms. The van der Waals surface area contributed by atoms with Crippen molar-refractivity contribution in [2.24, 2.45) is 5.73 Å². The third kappa shape index (κ3) is 4.02. The van der Waals surface area contributed by atoms with E-state index in [1.165, 1.54) is 17.5 Å². The molecule has 0 saturated carbocycles. The lowest BCUT2D eigenvalue weighted by molar-refractivity contribution is 0.188. The molecule has 1 aromatic carbocycles. The minimum Gasteiger partial charge on any atom is -0.385 e. The van der Waals surface area contributed by atoms with E-state index in [2.05, 4.69) is 31.2 Å². The number of aryl methyl sites for hydroxylation is 1. The SMILES string of the molecule is CCCc1cccc(C(N)CCOC)c1. The molecule has 2 nitrogen and oxygen atoms in total. The van der Waals surface area contributed by atoms with Crippen molar-refractivity contribution in [2.45, 2.75) is 32.2 Å². The Morgan fingerprint density at radius 3 is 2.87 bits per heavy atom. The molecule has 0 aliphatic carbocycles. The second kappa shape index (κ2) is 6.59. The van der Waals surface area contributed by atoms with Crippen LogP contribution in [0.5, 0.6) is 0 Å². The summed E-state index contributed by atoms with van der Waals surface area (Å²) in [6.45, 7) is 2.91. The van der Waals surface area contributed by atoms with Gasteiger partial charge in [-0.15, -0.1) is 0 Å². The Balaban J connectivity index is 2.62. The maximum absolute atomic E-state index is 6.07. The van der Waals surface area contributed by atoms with Crippen LogP contribution in [0.4, 0.5) is 0 Å². The molecule has 0 saturated heterocycles. The smallest absolute Gasteiger partial charge is 0.0480 e. The van der Waals surface area contributed by atoms with Crippen molar-refractivity contribution in [3.63, 3.8) is 0 Å². The second-order valence-electron chi connectivity index (χ2n) is 3.88. The molecule has 1 rings (SSSR count). The Labute approximate surface area is 92.4 Å². The highest BCUT2D eigenvalue weighted by Crippen LogP contribution is 2.16. The predicted molar refractivity (Wildman–Crippen MR) is 63.9 cm³/mol. The Morgan fingerprint density at radius 2 is 2.20 bits per heavy atom. The largest absolute Gasteiger partial charge is 0.385 e. The summed E-state index contributed by atoms with van der Waals surface area (Å²) in [5.41, 5.74) is 8.66. The molecule has 84 valence electrons. The maximum Gasteiger partial charge on any atom is 0.0480 e. The summed E-state index contributed by atoms with van der Waals surface area (Å²) >= 11 is 0. The number of methoxy groups -OCH3 is 1. The third-order valence-corrected chi connectivity index (χ3v) is 2.55. The highest BCUT2D eigenvalue weighted by Gasteiger charge is 2.05. The lowest BCUT2D eigenvalue weighted by atomic mass is 10.0. The van der Waals surface area contributed by atoms with Gasteiger partial charge in [0, 0.05) is 19.8 Å². The van der Waals surface area contributed by atoms with Gasteiger partial charge in [-0.2, -0.15) is 0 Å². The summed E-state index contributed by atoms with van der Waals surface area (Å²) in [5, 5.41) is 0. The average molecular weight is 207 g/mol. The first-order chi connectivity index (χ1) is 7.27. The van der Waals surface area contributed by atoms with E-state index < -0.39 is 0 Å². The first-order valence-corrected chi connectivity index (χ1v) is 5.61. The van der Waals surface area contributed by atoms with Crippen LogP contribution in [0.2, 0.25) is 0 Å². The minimum atomic E-state index is 0.0988. The molecule has 0 amide bonds. The normalized spacial score (nSPS) is 12.7. The number of benzene rings is 1. The molecule has 1 aromatic rings. The summed E-state index contributed by atoms with van der Waals surface area (Å²) in [4.78, 5) is 0. The number of hydrogen-bond donors (Lipinski definition) is 1. The maximum atomic E-state index is 6.07. The van der Waals surface area contributed by atoms with Gasteiger partial charge in [0.2, 0.25) is 0 Å². The molecule has 15 heavy (non-hydrogen) atoms. The number of hydrogen-bond acceptors (Lipinski definition) is 2. The fourth-order valence-corrected chi connectivity index (χ4v) is 1.68. The van der Waals surface area contributed by atoms with Crippen LogP contribution >= 0.6 is 0 Å². The molecule has 0 aromatic heterocycles. The fourth-order valence-electron chi connectivity index (χ4n) is 1.68. The molecule has 1 atom stereocenters. The van der Waals surface area contributed by atoms with Gasteiger partial charge in [-0.3, -0.25) is 0 Å². The van der Waals surface area contributed by atoms with Crippen LogP contribution < -0.4 is 5.73 Å². The second-order valence-corrected chi connectivity index (χ2v) is 3.88. The zero-order valence-corrected chi connectivity index (χ0v) is 9.70. The van der Waals surface area contributed by atoms with E-state index >= 15 is 0 Å². The molecule has 0 radical (unpaired) electrons. The first kappa shape index (κ1) is 12.2. The van der Waals surface area contributed by atoms with E-state index in [-0.39, 0.29) is 6.04 Å². The summed E-state index contributed by atoms with van der Waals surface area (Å²) in [7, 11) is 1.71. The van der Waals surface area contributed by atoms with Crippen LogP contribution in [0.15, 0.2) is 24.3 Å². The Morgan fingerprint density at radius 1 is 1.40 bits per heavy atom. The number of nitrogens with two attached hydrogens (primary N) is 1. The van der Waals surface area contributed by atoms with Gasteiger partial charge in [0.1, 0.15) is 0 Å². The summed E-state index contributed by atoms with van der Waals surface area (Å²) in [6, 6.07) is 8.66. The van der Waals surface area contributed by atoms with Gasteiger partial charge < -0.3 is 10.5 Å². The van der Waals surface area contributed by atoms with Crippen LogP contribution in [0.25, 0.3) is 0 Å². The van der Waals surface area contributed by atoms with E-state index in [9.17, 15) is 0 Å².